The number of thiazole rings is 1. The van der Waals surface area contributed by atoms with E-state index in [9.17, 15) is 4.79 Å². The van der Waals surface area contributed by atoms with Crippen molar-refractivity contribution in [3.8, 4) is 6.07 Å². The predicted octanol–water partition coefficient (Wildman–Crippen LogP) is 2.15. The van der Waals surface area contributed by atoms with Crippen molar-refractivity contribution in [1.82, 2.24) is 4.57 Å². The molecule has 2 aromatic rings. The Morgan fingerprint density at radius 1 is 1.50 bits per heavy atom. The van der Waals surface area contributed by atoms with E-state index in [1.807, 2.05) is 24.3 Å². The highest BCUT2D eigenvalue weighted by molar-refractivity contribution is 7.16. The van der Waals surface area contributed by atoms with Gasteiger partial charge in [-0.05, 0) is 19.1 Å². The van der Waals surface area contributed by atoms with E-state index < -0.39 is 6.04 Å². The van der Waals surface area contributed by atoms with Crippen LogP contribution in [0.25, 0.3) is 10.2 Å². The van der Waals surface area contributed by atoms with Crippen LogP contribution in [-0.4, -0.2) is 4.57 Å². The zero-order chi connectivity index (χ0) is 10.1. The zero-order valence-electron chi connectivity index (χ0n) is 7.60. The van der Waals surface area contributed by atoms with Crippen molar-refractivity contribution in [2.45, 2.75) is 13.0 Å². The Balaban J connectivity index is 2.82. The molecule has 70 valence electrons. The molecular weight excluding hydrogens is 196 g/mol. The van der Waals surface area contributed by atoms with Gasteiger partial charge in [0, 0.05) is 0 Å². The van der Waals surface area contributed by atoms with Crippen molar-refractivity contribution in [3.05, 3.63) is 33.9 Å². The maximum Gasteiger partial charge on any atom is 0.309 e. The Labute approximate surface area is 84.8 Å². The maximum atomic E-state index is 11.6. The Bertz CT molecular complexity index is 561. The molecule has 1 aromatic heterocycles. The molecule has 0 aliphatic rings. The molecule has 0 saturated carbocycles. The summed E-state index contributed by atoms with van der Waals surface area (Å²) in [7, 11) is 0. The number of fused-ring (bicyclic) bond motifs is 1. The van der Waals surface area contributed by atoms with Crippen LogP contribution < -0.4 is 4.87 Å². The maximum absolute atomic E-state index is 11.6. The zero-order valence-corrected chi connectivity index (χ0v) is 8.41. The average molecular weight is 204 g/mol. The monoisotopic (exact) mass is 204 g/mol. The number of nitrogens with zero attached hydrogens (tertiary/aromatic N) is 2. The molecule has 0 bridgehead atoms. The van der Waals surface area contributed by atoms with Gasteiger partial charge in [-0.1, -0.05) is 23.5 Å². The third-order valence-electron chi connectivity index (χ3n) is 2.09. The molecule has 0 spiro atoms. The van der Waals surface area contributed by atoms with Crippen LogP contribution >= 0.6 is 11.3 Å². The van der Waals surface area contributed by atoms with Crippen molar-refractivity contribution in [2.75, 3.05) is 0 Å². The van der Waals surface area contributed by atoms with E-state index in [-0.39, 0.29) is 4.87 Å². The normalized spacial score (nSPS) is 12.6. The van der Waals surface area contributed by atoms with E-state index in [2.05, 4.69) is 6.07 Å². The standard InChI is InChI=1S/C10H8N2OS/c1-7(6-11)12-8-4-2-3-5-9(8)14-10(12)13/h2-5,7H,1H3. The SMILES string of the molecule is CC(C#N)n1c(=O)sc2ccccc21. The molecule has 2 rings (SSSR count). The number of hydrogen-bond donors (Lipinski definition) is 0. The van der Waals surface area contributed by atoms with E-state index in [4.69, 9.17) is 5.26 Å². The van der Waals surface area contributed by atoms with Gasteiger partial charge in [0.05, 0.1) is 16.3 Å². The molecular formula is C10H8N2OS. The first-order chi connectivity index (χ1) is 6.74. The fraction of sp³-hybridized carbons (Fsp3) is 0.200. The van der Waals surface area contributed by atoms with Crippen molar-refractivity contribution in [3.63, 3.8) is 0 Å². The number of benzene rings is 1. The highest BCUT2D eigenvalue weighted by atomic mass is 32.1. The minimum absolute atomic E-state index is 0.0692. The fourth-order valence-corrected chi connectivity index (χ4v) is 2.37. The third-order valence-corrected chi connectivity index (χ3v) is 3.03. The Hall–Kier alpha value is -1.60. The Kier molecular flexibility index (Phi) is 2.10. The molecule has 0 saturated heterocycles. The van der Waals surface area contributed by atoms with Crippen LogP contribution in [0.5, 0.6) is 0 Å². The van der Waals surface area contributed by atoms with E-state index in [1.54, 1.807) is 6.92 Å². The van der Waals surface area contributed by atoms with Crippen LogP contribution in [0.2, 0.25) is 0 Å². The Morgan fingerprint density at radius 3 is 2.93 bits per heavy atom. The second kappa shape index (κ2) is 3.28. The first-order valence-electron chi connectivity index (χ1n) is 4.23. The summed E-state index contributed by atoms with van der Waals surface area (Å²) in [6.07, 6.45) is 0. The summed E-state index contributed by atoms with van der Waals surface area (Å²) in [4.78, 5) is 11.5. The highest BCUT2D eigenvalue weighted by Gasteiger charge is 2.11. The minimum atomic E-state index is -0.404. The van der Waals surface area contributed by atoms with Crippen LogP contribution in [0.15, 0.2) is 29.1 Å². The lowest BCUT2D eigenvalue weighted by atomic mass is 10.3. The first-order valence-corrected chi connectivity index (χ1v) is 5.05. The van der Waals surface area contributed by atoms with E-state index in [0.717, 1.165) is 10.2 Å². The molecule has 1 atom stereocenters. The molecule has 1 unspecified atom stereocenters. The van der Waals surface area contributed by atoms with Gasteiger partial charge in [-0.25, -0.2) is 0 Å². The number of rotatable bonds is 1. The van der Waals surface area contributed by atoms with Gasteiger partial charge in [0.25, 0.3) is 0 Å². The lowest BCUT2D eigenvalue weighted by Gasteiger charge is -2.03. The van der Waals surface area contributed by atoms with Gasteiger partial charge in [-0.3, -0.25) is 9.36 Å². The molecule has 0 fully saturated rings. The lowest BCUT2D eigenvalue weighted by molar-refractivity contribution is 0.686. The number of hydrogen-bond acceptors (Lipinski definition) is 3. The van der Waals surface area contributed by atoms with Crippen LogP contribution in [0.4, 0.5) is 0 Å². The van der Waals surface area contributed by atoms with E-state index in [0.29, 0.717) is 0 Å². The van der Waals surface area contributed by atoms with E-state index >= 15 is 0 Å². The smallest absolute Gasteiger partial charge is 0.282 e. The second-order valence-electron chi connectivity index (χ2n) is 3.01. The summed E-state index contributed by atoms with van der Waals surface area (Å²) in [6.45, 7) is 1.72. The molecule has 0 aliphatic carbocycles. The number of para-hydroxylation sites is 1. The second-order valence-corrected chi connectivity index (χ2v) is 4.00. The number of aromatic nitrogens is 1. The molecule has 0 amide bonds. The van der Waals surface area contributed by atoms with Crippen LogP contribution in [0.3, 0.4) is 0 Å². The lowest BCUT2D eigenvalue weighted by Crippen LogP contribution is -2.15. The average Bonchev–Trinajstić information content (AvgIpc) is 2.53. The molecule has 1 heterocycles. The summed E-state index contributed by atoms with van der Waals surface area (Å²) < 4.78 is 2.46. The molecule has 14 heavy (non-hydrogen) atoms. The quantitative estimate of drug-likeness (QED) is 0.714. The molecule has 0 radical (unpaired) electrons. The summed E-state index contributed by atoms with van der Waals surface area (Å²) in [6, 6.07) is 9.18. The summed E-state index contributed by atoms with van der Waals surface area (Å²) >= 11 is 1.18. The third kappa shape index (κ3) is 1.22. The molecule has 0 aliphatic heterocycles. The van der Waals surface area contributed by atoms with Crippen molar-refractivity contribution >= 4 is 21.6 Å². The molecule has 4 heteroatoms. The first kappa shape index (κ1) is 8.97. The fourth-order valence-electron chi connectivity index (χ4n) is 1.41. The van der Waals surface area contributed by atoms with Gasteiger partial charge in [0.1, 0.15) is 6.04 Å². The molecule has 1 aromatic carbocycles. The number of nitriles is 1. The van der Waals surface area contributed by atoms with Gasteiger partial charge in [-0.15, -0.1) is 0 Å². The van der Waals surface area contributed by atoms with Crippen molar-refractivity contribution < 1.29 is 0 Å². The van der Waals surface area contributed by atoms with Crippen LogP contribution in [-0.2, 0) is 0 Å². The summed E-state index contributed by atoms with van der Waals surface area (Å²) in [5, 5.41) is 8.79. The van der Waals surface area contributed by atoms with Gasteiger partial charge in [-0.2, -0.15) is 5.26 Å². The largest absolute Gasteiger partial charge is 0.309 e. The van der Waals surface area contributed by atoms with Crippen molar-refractivity contribution in [1.29, 1.82) is 5.26 Å². The van der Waals surface area contributed by atoms with Crippen LogP contribution in [0.1, 0.15) is 13.0 Å². The summed E-state index contributed by atoms with van der Waals surface area (Å²) in [5.41, 5.74) is 0.844. The highest BCUT2D eigenvalue weighted by Crippen LogP contribution is 2.19. The minimum Gasteiger partial charge on any atom is -0.282 e. The van der Waals surface area contributed by atoms with Gasteiger partial charge >= 0.3 is 4.87 Å². The predicted molar refractivity (Wildman–Crippen MR) is 56.4 cm³/mol. The topological polar surface area (TPSA) is 45.8 Å². The van der Waals surface area contributed by atoms with Gasteiger partial charge in [0.2, 0.25) is 0 Å². The molecule has 0 N–H and O–H groups in total. The van der Waals surface area contributed by atoms with Crippen LogP contribution in [0, 0.1) is 11.3 Å². The van der Waals surface area contributed by atoms with Gasteiger partial charge < -0.3 is 0 Å². The van der Waals surface area contributed by atoms with Gasteiger partial charge in [0.15, 0.2) is 0 Å². The Morgan fingerprint density at radius 2 is 2.21 bits per heavy atom. The van der Waals surface area contributed by atoms with E-state index in [1.165, 1.54) is 15.9 Å². The van der Waals surface area contributed by atoms with Crippen molar-refractivity contribution in [2.24, 2.45) is 0 Å². The summed E-state index contributed by atoms with van der Waals surface area (Å²) in [5.74, 6) is 0. The molecule has 3 nitrogen and oxygen atoms in total.